The molecule has 5 heteroatoms. The van der Waals surface area contributed by atoms with E-state index in [2.05, 4.69) is 29.2 Å². The molecule has 1 unspecified atom stereocenters. The van der Waals surface area contributed by atoms with E-state index in [9.17, 15) is 0 Å². The third kappa shape index (κ3) is 3.16. The van der Waals surface area contributed by atoms with E-state index in [0.717, 1.165) is 13.1 Å². The van der Waals surface area contributed by atoms with Crippen molar-refractivity contribution in [3.05, 3.63) is 0 Å². The van der Waals surface area contributed by atoms with Crippen LogP contribution in [0.5, 0.6) is 0 Å². The van der Waals surface area contributed by atoms with E-state index in [1.807, 2.05) is 0 Å². The summed E-state index contributed by atoms with van der Waals surface area (Å²) < 4.78 is 0. The molecule has 0 spiro atoms. The number of nitrogens with two attached hydrogens (primary N) is 2. The Bertz CT molecular complexity index is 201. The van der Waals surface area contributed by atoms with Crippen LogP contribution in [-0.4, -0.2) is 36.5 Å². The predicted octanol–water partition coefficient (Wildman–Crippen LogP) is -0.505. The van der Waals surface area contributed by atoms with Crippen LogP contribution in [0.15, 0.2) is 4.99 Å². The van der Waals surface area contributed by atoms with Crippen LogP contribution in [0.1, 0.15) is 20.3 Å². The van der Waals surface area contributed by atoms with E-state index in [1.165, 1.54) is 13.0 Å². The molecule has 0 bridgehead atoms. The second-order valence-electron chi connectivity index (χ2n) is 4.11. The normalized spacial score (nSPS) is 24.6. The fraction of sp³-hybridized carbons (Fsp3) is 0.889. The number of likely N-dealkylation sites (tertiary alicyclic amines) is 1. The third-order valence-electron chi connectivity index (χ3n) is 2.72. The smallest absolute Gasteiger partial charge is 0.203 e. The molecule has 1 heterocycles. The van der Waals surface area contributed by atoms with Gasteiger partial charge in [0, 0.05) is 19.1 Å². The molecule has 14 heavy (non-hydrogen) atoms. The summed E-state index contributed by atoms with van der Waals surface area (Å²) in [4.78, 5) is 6.61. The van der Waals surface area contributed by atoms with Gasteiger partial charge in [-0.15, -0.1) is 0 Å². The fourth-order valence-electron chi connectivity index (χ4n) is 1.75. The molecule has 1 aliphatic rings. The number of hydrazine groups is 1. The SMILES string of the molecule is CC(C)N1CCC(CN=C(N)NN)C1. The number of nitrogens with one attached hydrogen (secondary N) is 1. The van der Waals surface area contributed by atoms with Crippen LogP contribution in [0.3, 0.4) is 0 Å². The van der Waals surface area contributed by atoms with Gasteiger partial charge in [0.05, 0.1) is 0 Å². The molecule has 0 amide bonds. The molecule has 1 atom stereocenters. The number of aliphatic imine (C=N–C) groups is 1. The molecule has 1 saturated heterocycles. The van der Waals surface area contributed by atoms with Crippen molar-refractivity contribution < 1.29 is 0 Å². The van der Waals surface area contributed by atoms with Crippen LogP contribution in [0.4, 0.5) is 0 Å². The molecule has 0 aromatic heterocycles. The highest BCUT2D eigenvalue weighted by atomic mass is 15.3. The van der Waals surface area contributed by atoms with Crippen LogP contribution in [0.2, 0.25) is 0 Å². The van der Waals surface area contributed by atoms with Crippen molar-refractivity contribution in [2.75, 3.05) is 19.6 Å². The van der Waals surface area contributed by atoms with Gasteiger partial charge in [-0.2, -0.15) is 0 Å². The van der Waals surface area contributed by atoms with Gasteiger partial charge < -0.3 is 10.6 Å². The molecule has 5 nitrogen and oxygen atoms in total. The molecule has 5 N–H and O–H groups in total. The van der Waals surface area contributed by atoms with E-state index in [1.54, 1.807) is 0 Å². The Morgan fingerprint density at radius 2 is 2.36 bits per heavy atom. The Morgan fingerprint density at radius 3 is 2.86 bits per heavy atom. The largest absolute Gasteiger partial charge is 0.369 e. The van der Waals surface area contributed by atoms with Gasteiger partial charge in [-0.3, -0.25) is 10.4 Å². The topological polar surface area (TPSA) is 79.7 Å². The second kappa shape index (κ2) is 5.17. The fourth-order valence-corrected chi connectivity index (χ4v) is 1.75. The maximum atomic E-state index is 5.45. The molecule has 0 aliphatic carbocycles. The van der Waals surface area contributed by atoms with E-state index in [-0.39, 0.29) is 0 Å². The van der Waals surface area contributed by atoms with Crippen LogP contribution < -0.4 is 17.0 Å². The second-order valence-corrected chi connectivity index (χ2v) is 4.11. The Balaban J connectivity index is 2.29. The zero-order chi connectivity index (χ0) is 10.6. The number of rotatable bonds is 3. The molecular weight excluding hydrogens is 178 g/mol. The summed E-state index contributed by atoms with van der Waals surface area (Å²) in [6.07, 6.45) is 1.21. The third-order valence-corrected chi connectivity index (χ3v) is 2.72. The molecule has 0 aromatic carbocycles. The van der Waals surface area contributed by atoms with Gasteiger partial charge in [0.2, 0.25) is 5.96 Å². The number of nitrogens with zero attached hydrogens (tertiary/aromatic N) is 2. The highest BCUT2D eigenvalue weighted by Crippen LogP contribution is 2.18. The first kappa shape index (κ1) is 11.3. The van der Waals surface area contributed by atoms with E-state index in [0.29, 0.717) is 17.9 Å². The zero-order valence-corrected chi connectivity index (χ0v) is 9.03. The first-order valence-corrected chi connectivity index (χ1v) is 5.14. The lowest BCUT2D eigenvalue weighted by Gasteiger charge is -2.19. The lowest BCUT2D eigenvalue weighted by molar-refractivity contribution is 0.266. The first-order chi connectivity index (χ1) is 6.63. The molecule has 82 valence electrons. The van der Waals surface area contributed by atoms with Crippen LogP contribution in [0, 0.1) is 5.92 Å². The summed E-state index contributed by atoms with van der Waals surface area (Å²) in [6.45, 7) is 7.52. The average molecular weight is 199 g/mol. The summed E-state index contributed by atoms with van der Waals surface area (Å²) in [5.74, 6) is 6.07. The van der Waals surface area contributed by atoms with E-state index < -0.39 is 0 Å². The summed E-state index contributed by atoms with van der Waals surface area (Å²) in [5, 5.41) is 0. The lowest BCUT2D eigenvalue weighted by atomic mass is 10.1. The monoisotopic (exact) mass is 199 g/mol. The van der Waals surface area contributed by atoms with Crippen LogP contribution >= 0.6 is 0 Å². The molecule has 0 aromatic rings. The van der Waals surface area contributed by atoms with Crippen LogP contribution in [-0.2, 0) is 0 Å². The number of hydrogen-bond acceptors (Lipinski definition) is 3. The Hall–Kier alpha value is -0.810. The minimum atomic E-state index is 0.327. The van der Waals surface area contributed by atoms with E-state index in [4.69, 9.17) is 11.6 Å². The summed E-state index contributed by atoms with van der Waals surface area (Å²) >= 11 is 0. The number of hydrogen-bond donors (Lipinski definition) is 3. The van der Waals surface area contributed by atoms with Crippen LogP contribution in [0.25, 0.3) is 0 Å². The first-order valence-electron chi connectivity index (χ1n) is 5.14. The molecule has 1 rings (SSSR count). The van der Waals surface area contributed by atoms with Crippen molar-refractivity contribution in [1.82, 2.24) is 10.3 Å². The van der Waals surface area contributed by atoms with Crippen molar-refractivity contribution in [2.45, 2.75) is 26.3 Å². The minimum absolute atomic E-state index is 0.327. The summed E-state index contributed by atoms with van der Waals surface area (Å²) in [7, 11) is 0. The molecule has 0 saturated carbocycles. The van der Waals surface area contributed by atoms with Crippen molar-refractivity contribution in [3.8, 4) is 0 Å². The predicted molar refractivity (Wildman–Crippen MR) is 58.6 cm³/mol. The molecule has 1 fully saturated rings. The zero-order valence-electron chi connectivity index (χ0n) is 9.03. The van der Waals surface area contributed by atoms with Gasteiger partial charge in [0.1, 0.15) is 0 Å². The number of guanidine groups is 1. The Labute approximate surface area is 85.5 Å². The summed E-state index contributed by atoms with van der Waals surface area (Å²) in [5.41, 5.74) is 7.78. The van der Waals surface area contributed by atoms with Gasteiger partial charge >= 0.3 is 0 Å². The van der Waals surface area contributed by atoms with Crippen molar-refractivity contribution in [1.29, 1.82) is 0 Å². The van der Waals surface area contributed by atoms with Crippen molar-refractivity contribution >= 4 is 5.96 Å². The maximum Gasteiger partial charge on any atom is 0.203 e. The van der Waals surface area contributed by atoms with Gasteiger partial charge in [-0.05, 0) is 32.7 Å². The molecule has 1 aliphatic heterocycles. The lowest BCUT2D eigenvalue weighted by Crippen LogP contribution is -2.37. The van der Waals surface area contributed by atoms with Gasteiger partial charge in [0.25, 0.3) is 0 Å². The minimum Gasteiger partial charge on any atom is -0.369 e. The Kier molecular flexibility index (Phi) is 4.16. The van der Waals surface area contributed by atoms with Crippen molar-refractivity contribution in [3.63, 3.8) is 0 Å². The quantitative estimate of drug-likeness (QED) is 0.248. The molecular formula is C9H21N5. The van der Waals surface area contributed by atoms with Gasteiger partial charge in [0.15, 0.2) is 0 Å². The standard InChI is InChI=1S/C9H21N5/c1-7(2)14-4-3-8(6-14)5-12-9(10)13-11/h7-8H,3-6,11H2,1-2H3,(H3,10,12,13). The average Bonchev–Trinajstić information content (AvgIpc) is 2.62. The van der Waals surface area contributed by atoms with E-state index >= 15 is 0 Å². The van der Waals surface area contributed by atoms with Gasteiger partial charge in [-0.1, -0.05) is 0 Å². The highest BCUT2D eigenvalue weighted by Gasteiger charge is 2.23. The Morgan fingerprint density at radius 1 is 1.64 bits per heavy atom. The maximum absolute atomic E-state index is 5.45. The molecule has 0 radical (unpaired) electrons. The summed E-state index contributed by atoms with van der Waals surface area (Å²) in [6, 6.07) is 0.633. The van der Waals surface area contributed by atoms with Crippen molar-refractivity contribution in [2.24, 2.45) is 22.5 Å². The highest BCUT2D eigenvalue weighted by molar-refractivity contribution is 5.77. The van der Waals surface area contributed by atoms with Gasteiger partial charge in [-0.25, -0.2) is 5.84 Å².